The number of benzene rings is 1. The maximum atomic E-state index is 12.2. The molecule has 1 aliphatic rings. The number of amides is 1. The van der Waals surface area contributed by atoms with Crippen molar-refractivity contribution in [2.75, 3.05) is 0 Å². The molecule has 0 spiro atoms. The zero-order chi connectivity index (χ0) is 13.6. The molecule has 5 nitrogen and oxygen atoms in total. The summed E-state index contributed by atoms with van der Waals surface area (Å²) in [6.07, 6.45) is 0.843. The fourth-order valence-electron chi connectivity index (χ4n) is 1.66. The number of halogens is 1. The van der Waals surface area contributed by atoms with Crippen LogP contribution in [0.4, 0.5) is 0 Å². The van der Waals surface area contributed by atoms with E-state index in [0.29, 0.717) is 18.4 Å². The lowest BCUT2D eigenvalue weighted by molar-refractivity contribution is -0.120. The molecule has 0 aliphatic heterocycles. The van der Waals surface area contributed by atoms with Crippen molar-refractivity contribution >= 4 is 27.5 Å². The van der Waals surface area contributed by atoms with E-state index >= 15 is 0 Å². The van der Waals surface area contributed by atoms with Crippen LogP contribution < -0.4 is 10.5 Å². The van der Waals surface area contributed by atoms with E-state index in [-0.39, 0.29) is 9.92 Å². The predicted molar refractivity (Wildman–Crippen MR) is 67.7 cm³/mol. The Morgan fingerprint density at radius 3 is 2.56 bits per heavy atom. The number of carbonyl (C=O) groups excluding carboxylic acids is 1. The number of nitrogens with one attached hydrogen (secondary N) is 1. The fraction of sp³-hybridized carbons (Fsp3) is 0.364. The molecule has 1 saturated carbocycles. The number of sulfonamides is 1. The summed E-state index contributed by atoms with van der Waals surface area (Å²) >= 11 is 5.97. The molecule has 0 atom stereocenters. The quantitative estimate of drug-likeness (QED) is 0.864. The van der Waals surface area contributed by atoms with Crippen LogP contribution in [0.25, 0.3) is 0 Å². The van der Waals surface area contributed by atoms with Gasteiger partial charge in [-0.05, 0) is 31.4 Å². The first-order valence-electron chi connectivity index (χ1n) is 5.37. The summed E-state index contributed by atoms with van der Waals surface area (Å²) in [6, 6.07) is 4.71. The molecule has 1 fully saturated rings. The molecule has 1 aromatic carbocycles. The van der Waals surface area contributed by atoms with Crippen molar-refractivity contribution in [1.29, 1.82) is 0 Å². The summed E-state index contributed by atoms with van der Waals surface area (Å²) in [5, 5.41) is 0.158. The molecule has 0 heterocycles. The maximum Gasteiger partial charge on any atom is 0.243 e. The first-order chi connectivity index (χ1) is 8.28. The van der Waals surface area contributed by atoms with Gasteiger partial charge < -0.3 is 5.73 Å². The van der Waals surface area contributed by atoms with Gasteiger partial charge in [0.15, 0.2) is 0 Å². The second-order valence-electron chi connectivity index (χ2n) is 4.44. The molecule has 7 heteroatoms. The fourth-order valence-corrected chi connectivity index (χ4v) is 3.68. The molecule has 0 radical (unpaired) electrons. The highest BCUT2D eigenvalue weighted by molar-refractivity contribution is 7.89. The van der Waals surface area contributed by atoms with E-state index in [1.807, 2.05) is 0 Å². The number of nitrogens with two attached hydrogens (primary N) is 1. The number of aryl methyl sites for hydroxylation is 1. The Morgan fingerprint density at radius 2 is 2.06 bits per heavy atom. The van der Waals surface area contributed by atoms with Gasteiger partial charge in [-0.2, -0.15) is 4.72 Å². The predicted octanol–water partition coefficient (Wildman–Crippen LogP) is 0.945. The van der Waals surface area contributed by atoms with Gasteiger partial charge in [0.2, 0.25) is 15.9 Å². The van der Waals surface area contributed by atoms with Gasteiger partial charge in [-0.15, -0.1) is 0 Å². The highest BCUT2D eigenvalue weighted by Gasteiger charge is 2.51. The molecule has 0 aromatic heterocycles. The molecule has 98 valence electrons. The number of hydrogen-bond acceptors (Lipinski definition) is 3. The molecule has 2 rings (SSSR count). The van der Waals surface area contributed by atoms with Crippen molar-refractivity contribution in [3.05, 3.63) is 28.8 Å². The molecule has 1 aliphatic carbocycles. The Labute approximate surface area is 110 Å². The average Bonchev–Trinajstić information content (AvgIpc) is 3.02. The second-order valence-corrected chi connectivity index (χ2v) is 6.47. The molecule has 0 bridgehead atoms. The molecular formula is C11H13ClN2O3S. The highest BCUT2D eigenvalue weighted by Crippen LogP contribution is 2.37. The topological polar surface area (TPSA) is 89.3 Å². The van der Waals surface area contributed by atoms with Crippen molar-refractivity contribution < 1.29 is 13.2 Å². The lowest BCUT2D eigenvalue weighted by Crippen LogP contribution is -2.46. The van der Waals surface area contributed by atoms with E-state index in [4.69, 9.17) is 17.3 Å². The van der Waals surface area contributed by atoms with E-state index in [1.54, 1.807) is 19.1 Å². The summed E-state index contributed by atoms with van der Waals surface area (Å²) in [5.74, 6) is -0.658. The molecule has 0 unspecified atom stereocenters. The van der Waals surface area contributed by atoms with E-state index in [9.17, 15) is 13.2 Å². The van der Waals surface area contributed by atoms with E-state index < -0.39 is 21.5 Å². The van der Waals surface area contributed by atoms with Crippen LogP contribution in [0.15, 0.2) is 23.1 Å². The summed E-state index contributed by atoms with van der Waals surface area (Å²) in [6.45, 7) is 1.71. The van der Waals surface area contributed by atoms with Gasteiger partial charge in [0.05, 0.1) is 5.02 Å². The Hall–Kier alpha value is -1.11. The molecule has 3 N–H and O–H groups in total. The van der Waals surface area contributed by atoms with Gasteiger partial charge in [-0.25, -0.2) is 8.42 Å². The van der Waals surface area contributed by atoms with Gasteiger partial charge in [0.1, 0.15) is 10.4 Å². The monoisotopic (exact) mass is 288 g/mol. The van der Waals surface area contributed by atoms with Crippen molar-refractivity contribution in [2.24, 2.45) is 5.73 Å². The van der Waals surface area contributed by atoms with Gasteiger partial charge >= 0.3 is 0 Å². The van der Waals surface area contributed by atoms with Crippen molar-refractivity contribution in [1.82, 2.24) is 4.72 Å². The average molecular weight is 289 g/mol. The Kier molecular flexibility index (Phi) is 3.12. The first kappa shape index (κ1) is 13.3. The minimum atomic E-state index is -3.84. The van der Waals surface area contributed by atoms with E-state index in [0.717, 1.165) is 0 Å². The molecule has 18 heavy (non-hydrogen) atoms. The lowest BCUT2D eigenvalue weighted by Gasteiger charge is -2.15. The number of primary amides is 1. The zero-order valence-corrected chi connectivity index (χ0v) is 11.3. The van der Waals surface area contributed by atoms with Crippen LogP contribution in [-0.4, -0.2) is 19.9 Å². The van der Waals surface area contributed by atoms with Gasteiger partial charge in [-0.1, -0.05) is 23.7 Å². The van der Waals surface area contributed by atoms with Crippen LogP contribution in [0.2, 0.25) is 5.02 Å². The first-order valence-corrected chi connectivity index (χ1v) is 7.24. The smallest absolute Gasteiger partial charge is 0.243 e. The van der Waals surface area contributed by atoms with E-state index in [1.165, 1.54) is 6.07 Å². The molecule has 1 aromatic rings. The zero-order valence-electron chi connectivity index (χ0n) is 9.73. The van der Waals surface area contributed by atoms with Crippen LogP contribution >= 0.6 is 11.6 Å². The van der Waals surface area contributed by atoms with Crippen LogP contribution in [-0.2, 0) is 14.8 Å². The SMILES string of the molecule is Cc1cccc(S(=O)(=O)NC2(C(N)=O)CC2)c1Cl. The summed E-state index contributed by atoms with van der Waals surface area (Å²) in [4.78, 5) is 11.2. The second kappa shape index (κ2) is 4.22. The summed E-state index contributed by atoms with van der Waals surface area (Å²) in [7, 11) is -3.84. The Morgan fingerprint density at radius 1 is 1.44 bits per heavy atom. The van der Waals surface area contributed by atoms with Gasteiger partial charge in [0, 0.05) is 0 Å². The maximum absolute atomic E-state index is 12.2. The van der Waals surface area contributed by atoms with Crippen LogP contribution in [0, 0.1) is 6.92 Å². The van der Waals surface area contributed by atoms with Gasteiger partial charge in [0.25, 0.3) is 0 Å². The van der Waals surface area contributed by atoms with Crippen LogP contribution in [0.1, 0.15) is 18.4 Å². The molecular weight excluding hydrogens is 276 g/mol. The number of rotatable bonds is 4. The number of carbonyl (C=O) groups is 1. The minimum absolute atomic E-state index is 0.0308. The minimum Gasteiger partial charge on any atom is -0.368 e. The Balaban J connectivity index is 2.38. The third-order valence-electron chi connectivity index (χ3n) is 3.00. The lowest BCUT2D eigenvalue weighted by atomic mass is 10.2. The number of hydrogen-bond donors (Lipinski definition) is 2. The van der Waals surface area contributed by atoms with Crippen LogP contribution in [0.3, 0.4) is 0 Å². The highest BCUT2D eigenvalue weighted by atomic mass is 35.5. The largest absolute Gasteiger partial charge is 0.368 e. The van der Waals surface area contributed by atoms with E-state index in [2.05, 4.69) is 4.72 Å². The van der Waals surface area contributed by atoms with Crippen LogP contribution in [0.5, 0.6) is 0 Å². The van der Waals surface area contributed by atoms with Crippen molar-refractivity contribution in [3.8, 4) is 0 Å². The van der Waals surface area contributed by atoms with Crippen molar-refractivity contribution in [3.63, 3.8) is 0 Å². The third-order valence-corrected chi connectivity index (χ3v) is 5.19. The molecule has 1 amide bonds. The summed E-state index contributed by atoms with van der Waals surface area (Å²) < 4.78 is 26.7. The third kappa shape index (κ3) is 2.23. The molecule has 0 saturated heterocycles. The normalized spacial score (nSPS) is 17.4. The van der Waals surface area contributed by atoms with Crippen molar-refractivity contribution in [2.45, 2.75) is 30.2 Å². The Bertz CT molecular complexity index is 609. The van der Waals surface area contributed by atoms with Gasteiger partial charge in [-0.3, -0.25) is 4.79 Å². The summed E-state index contributed by atoms with van der Waals surface area (Å²) in [5.41, 5.74) is 4.71. The standard InChI is InChI=1S/C11H13ClN2O3S/c1-7-3-2-4-8(9(7)12)18(16,17)14-11(5-6-11)10(13)15/h2-4,14H,5-6H2,1H3,(H2,13,15).